The molecule has 0 radical (unpaired) electrons. The normalized spacial score (nSPS) is 32.5. The third-order valence-electron chi connectivity index (χ3n) is 14.4. The number of nitrogens with zero attached hydrogens (tertiary/aromatic N) is 1. The molecule has 4 saturated carbocycles. The number of methoxy groups -OCH3 is 1. The maximum atomic E-state index is 13.0. The van der Waals surface area contributed by atoms with Crippen molar-refractivity contribution in [2.45, 2.75) is 129 Å². The van der Waals surface area contributed by atoms with Gasteiger partial charge in [0.25, 0.3) is 0 Å². The van der Waals surface area contributed by atoms with Crippen molar-refractivity contribution in [3.05, 3.63) is 35.9 Å². The van der Waals surface area contributed by atoms with Crippen molar-refractivity contribution >= 4 is 11.9 Å². The topological polar surface area (TPSA) is 123 Å². The molecule has 8 nitrogen and oxygen atoms in total. The second-order valence-corrected chi connectivity index (χ2v) is 17.1. The molecule has 282 valence electrons. The van der Waals surface area contributed by atoms with Gasteiger partial charge in [-0.25, -0.2) is 4.79 Å². The summed E-state index contributed by atoms with van der Waals surface area (Å²) in [5, 5.41) is 6.97. The van der Waals surface area contributed by atoms with Crippen molar-refractivity contribution in [3.63, 3.8) is 0 Å². The summed E-state index contributed by atoms with van der Waals surface area (Å²) in [4.78, 5) is 28.0. The van der Waals surface area contributed by atoms with Gasteiger partial charge in [0.1, 0.15) is 6.04 Å². The third-order valence-corrected chi connectivity index (χ3v) is 14.4. The van der Waals surface area contributed by atoms with Crippen molar-refractivity contribution in [3.8, 4) is 0 Å². The zero-order valence-electron chi connectivity index (χ0n) is 31.8. The Hall–Kier alpha value is -2.00. The molecule has 4 aliphatic carbocycles. The number of ether oxygens (including phenoxy) is 1. The first-order valence-electron chi connectivity index (χ1n) is 20.5. The molecule has 1 aromatic rings. The number of nitrogens with two attached hydrogens (primary N) is 2. The first-order valence-corrected chi connectivity index (χ1v) is 20.5. The Morgan fingerprint density at radius 3 is 2.30 bits per heavy atom. The number of esters is 1. The van der Waals surface area contributed by atoms with Crippen molar-refractivity contribution in [1.82, 2.24) is 15.5 Å². The van der Waals surface area contributed by atoms with Crippen LogP contribution in [0.15, 0.2) is 30.3 Å². The molecule has 0 aliphatic heterocycles. The van der Waals surface area contributed by atoms with E-state index in [9.17, 15) is 9.59 Å². The van der Waals surface area contributed by atoms with Gasteiger partial charge in [-0.05, 0) is 175 Å². The van der Waals surface area contributed by atoms with E-state index in [1.54, 1.807) is 0 Å². The highest BCUT2D eigenvalue weighted by Crippen LogP contribution is 2.67. The predicted molar refractivity (Wildman–Crippen MR) is 203 cm³/mol. The summed E-state index contributed by atoms with van der Waals surface area (Å²) in [5.74, 6) is 3.73. The minimum absolute atomic E-state index is 0.0388. The second-order valence-electron chi connectivity index (χ2n) is 17.1. The van der Waals surface area contributed by atoms with Crippen LogP contribution < -0.4 is 22.1 Å². The number of amides is 1. The highest BCUT2D eigenvalue weighted by Gasteiger charge is 2.59. The first-order chi connectivity index (χ1) is 24.2. The van der Waals surface area contributed by atoms with Gasteiger partial charge in [-0.2, -0.15) is 0 Å². The number of rotatable bonds is 19. The molecule has 4 fully saturated rings. The van der Waals surface area contributed by atoms with Crippen LogP contribution in [0.4, 0.5) is 0 Å². The van der Waals surface area contributed by atoms with Gasteiger partial charge < -0.3 is 31.7 Å². The first kappa shape index (κ1) is 39.2. The fourth-order valence-corrected chi connectivity index (χ4v) is 11.6. The summed E-state index contributed by atoms with van der Waals surface area (Å²) in [6.07, 6.45) is 18.6. The van der Waals surface area contributed by atoms with E-state index < -0.39 is 6.04 Å². The molecule has 1 amide bonds. The van der Waals surface area contributed by atoms with Crippen LogP contribution in [-0.2, 0) is 20.7 Å². The molecule has 7 unspecified atom stereocenters. The van der Waals surface area contributed by atoms with E-state index in [0.29, 0.717) is 35.6 Å². The van der Waals surface area contributed by atoms with Gasteiger partial charge in [-0.1, -0.05) is 44.2 Å². The lowest BCUT2D eigenvalue weighted by atomic mass is 9.44. The van der Waals surface area contributed by atoms with Crippen molar-refractivity contribution in [2.24, 2.45) is 51.9 Å². The average molecular weight is 694 g/mol. The minimum Gasteiger partial charge on any atom is -0.467 e. The van der Waals surface area contributed by atoms with Crippen molar-refractivity contribution < 1.29 is 14.3 Å². The maximum absolute atomic E-state index is 13.0. The van der Waals surface area contributed by atoms with Gasteiger partial charge in [0.05, 0.1) is 7.11 Å². The predicted octanol–water partition coefficient (Wildman–Crippen LogP) is 6.06. The summed E-state index contributed by atoms with van der Waals surface area (Å²) < 4.78 is 5.01. The van der Waals surface area contributed by atoms with Gasteiger partial charge in [0.2, 0.25) is 5.91 Å². The Morgan fingerprint density at radius 1 is 0.880 bits per heavy atom. The minimum atomic E-state index is -0.644. The van der Waals surface area contributed by atoms with E-state index in [-0.39, 0.29) is 11.9 Å². The van der Waals surface area contributed by atoms with Crippen LogP contribution in [0, 0.1) is 40.4 Å². The van der Waals surface area contributed by atoms with Crippen LogP contribution in [0.25, 0.3) is 0 Å². The Bertz CT molecular complexity index is 1190. The molecule has 0 aromatic heterocycles. The molecule has 6 N–H and O–H groups in total. The molecular formula is C42H71N5O3. The molecule has 5 rings (SSSR count). The highest BCUT2D eigenvalue weighted by atomic mass is 16.5. The molecular weight excluding hydrogens is 622 g/mol. The molecule has 4 aliphatic rings. The van der Waals surface area contributed by atoms with E-state index >= 15 is 0 Å². The Balaban J connectivity index is 1.07. The Labute approximate surface area is 304 Å². The van der Waals surface area contributed by atoms with Gasteiger partial charge in [0.15, 0.2) is 0 Å². The van der Waals surface area contributed by atoms with Gasteiger partial charge >= 0.3 is 5.97 Å². The quantitative estimate of drug-likeness (QED) is 0.103. The smallest absolute Gasteiger partial charge is 0.328 e. The monoisotopic (exact) mass is 694 g/mol. The zero-order valence-corrected chi connectivity index (χ0v) is 31.8. The average Bonchev–Trinajstić information content (AvgIpc) is 3.46. The summed E-state index contributed by atoms with van der Waals surface area (Å²) >= 11 is 0. The lowest BCUT2D eigenvalue weighted by Crippen LogP contribution is -2.55. The summed E-state index contributed by atoms with van der Waals surface area (Å²) in [5.41, 5.74) is 13.5. The Morgan fingerprint density at radius 2 is 1.58 bits per heavy atom. The maximum Gasteiger partial charge on any atom is 0.328 e. The van der Waals surface area contributed by atoms with Gasteiger partial charge in [0, 0.05) is 18.9 Å². The van der Waals surface area contributed by atoms with Crippen LogP contribution in [0.2, 0.25) is 0 Å². The van der Waals surface area contributed by atoms with Crippen LogP contribution in [-0.4, -0.2) is 75.2 Å². The Kier molecular flexibility index (Phi) is 14.6. The molecule has 0 spiro atoms. The number of carbonyl (C=O) groups excluding carboxylic acids is 2. The van der Waals surface area contributed by atoms with E-state index in [2.05, 4.69) is 29.4 Å². The summed E-state index contributed by atoms with van der Waals surface area (Å²) in [6.45, 7) is 11.3. The zero-order chi connectivity index (χ0) is 35.6. The van der Waals surface area contributed by atoms with E-state index in [1.807, 2.05) is 30.3 Å². The SMILES string of the molecule is COC(=O)[C@H](Cc1ccccc1)NC(=O)CCCC1CCC2C3CC[C@@H]4CC(NCCCN(CCCN)CCCN)CCC4(C)C3CCC12C. The number of fused-ring (bicyclic) bond motifs is 5. The number of benzene rings is 1. The van der Waals surface area contributed by atoms with E-state index in [4.69, 9.17) is 16.2 Å². The highest BCUT2D eigenvalue weighted by molar-refractivity contribution is 5.84. The molecule has 9 atom stereocenters. The fraction of sp³-hybridized carbons (Fsp3) is 0.810. The van der Waals surface area contributed by atoms with Gasteiger partial charge in [-0.3, -0.25) is 4.79 Å². The van der Waals surface area contributed by atoms with Crippen molar-refractivity contribution in [1.29, 1.82) is 0 Å². The molecule has 8 heteroatoms. The molecule has 0 saturated heterocycles. The van der Waals surface area contributed by atoms with Crippen LogP contribution in [0.5, 0.6) is 0 Å². The number of hydrogen-bond donors (Lipinski definition) is 4. The number of hydrogen-bond acceptors (Lipinski definition) is 7. The van der Waals surface area contributed by atoms with Crippen molar-refractivity contribution in [2.75, 3.05) is 46.4 Å². The standard InChI is InChI=1S/C42H71N5O3/c1-41-22-20-37-35(17-15-33-30-34(19-21-42(33,37)2)45-25-10-28-47(26-8-23-43)27-9-24-44)36(41)18-16-32(41)13-7-14-39(48)46-38(40(49)50-3)29-31-11-5-4-6-12-31/h4-6,11-12,32-38,45H,7-10,13-30,43-44H2,1-3H3,(H,46,48)/t32?,33-,34?,35?,36?,37?,38+,41?,42?/m1/s1. The lowest BCUT2D eigenvalue weighted by molar-refractivity contribution is -0.145. The molecule has 1 aromatic carbocycles. The van der Waals surface area contributed by atoms with Crippen LogP contribution in [0.3, 0.4) is 0 Å². The number of nitrogens with one attached hydrogen (secondary N) is 2. The molecule has 0 bridgehead atoms. The van der Waals surface area contributed by atoms with Crippen LogP contribution in [0.1, 0.15) is 116 Å². The molecule has 50 heavy (non-hydrogen) atoms. The lowest BCUT2D eigenvalue weighted by Gasteiger charge is -2.61. The third kappa shape index (κ3) is 9.50. The summed E-state index contributed by atoms with van der Waals surface area (Å²) in [7, 11) is 1.39. The fourth-order valence-electron chi connectivity index (χ4n) is 11.6. The van der Waals surface area contributed by atoms with E-state index in [0.717, 1.165) is 94.2 Å². The summed E-state index contributed by atoms with van der Waals surface area (Å²) in [6, 6.07) is 9.87. The largest absolute Gasteiger partial charge is 0.467 e. The van der Waals surface area contributed by atoms with Crippen LogP contribution >= 0.6 is 0 Å². The molecule has 0 heterocycles. The second kappa shape index (κ2) is 18.7. The van der Waals surface area contributed by atoms with E-state index in [1.165, 1.54) is 71.3 Å². The number of carbonyl (C=O) groups is 2. The van der Waals surface area contributed by atoms with Gasteiger partial charge in [-0.15, -0.1) is 0 Å².